The lowest BCUT2D eigenvalue weighted by molar-refractivity contribution is 0.414. The minimum atomic E-state index is -3.86. The summed E-state index contributed by atoms with van der Waals surface area (Å²) in [6.07, 6.45) is 0. The molecule has 0 aliphatic carbocycles. The summed E-state index contributed by atoms with van der Waals surface area (Å²) in [5, 5.41) is -0.00620. The fourth-order valence-electron chi connectivity index (χ4n) is 2.04. The molecule has 7 heteroatoms. The Kier molecular flexibility index (Phi) is 4.90. The van der Waals surface area contributed by atoms with Gasteiger partial charge in [0.25, 0.3) is 10.0 Å². The van der Waals surface area contributed by atoms with Crippen molar-refractivity contribution in [2.45, 2.75) is 18.7 Å². The van der Waals surface area contributed by atoms with E-state index in [0.29, 0.717) is 11.4 Å². The first-order chi connectivity index (χ1) is 10.3. The van der Waals surface area contributed by atoms with Crippen LogP contribution < -0.4 is 9.46 Å². The molecule has 0 aliphatic heterocycles. The quantitative estimate of drug-likeness (QED) is 0.878. The van der Waals surface area contributed by atoms with Gasteiger partial charge in [0.05, 0.1) is 17.8 Å². The van der Waals surface area contributed by atoms with Crippen molar-refractivity contribution in [3.05, 3.63) is 51.5 Å². The molecule has 0 fully saturated rings. The zero-order valence-electron chi connectivity index (χ0n) is 12.3. The van der Waals surface area contributed by atoms with Crippen LogP contribution >= 0.6 is 23.2 Å². The topological polar surface area (TPSA) is 55.4 Å². The van der Waals surface area contributed by atoms with Crippen LogP contribution in [0, 0.1) is 13.8 Å². The highest BCUT2D eigenvalue weighted by Crippen LogP contribution is 2.37. The van der Waals surface area contributed by atoms with Gasteiger partial charge in [0.1, 0.15) is 15.7 Å². The molecule has 1 N–H and O–H groups in total. The van der Waals surface area contributed by atoms with E-state index in [1.54, 1.807) is 0 Å². The standard InChI is InChI=1S/C15H15Cl2NO3S/c1-9-5-4-6-10(2)15(9)18-22(19,20)12-8-7-11(21-3)13(16)14(12)17/h4-8,18H,1-3H3. The lowest BCUT2D eigenvalue weighted by Gasteiger charge is -2.15. The van der Waals surface area contributed by atoms with Gasteiger partial charge < -0.3 is 4.74 Å². The number of nitrogens with one attached hydrogen (secondary N) is 1. The predicted octanol–water partition coefficient (Wildman–Crippen LogP) is 4.42. The molecule has 0 saturated carbocycles. The van der Waals surface area contributed by atoms with Crippen LogP contribution in [-0.2, 0) is 10.0 Å². The molecule has 0 aromatic heterocycles. The maximum Gasteiger partial charge on any atom is 0.263 e. The summed E-state index contributed by atoms with van der Waals surface area (Å²) in [6.45, 7) is 3.65. The van der Waals surface area contributed by atoms with Gasteiger partial charge in [-0.1, -0.05) is 41.4 Å². The number of rotatable bonds is 4. The molecule has 0 saturated heterocycles. The second-order valence-corrected chi connectivity index (χ2v) is 7.17. The van der Waals surface area contributed by atoms with Gasteiger partial charge in [-0.3, -0.25) is 4.72 Å². The van der Waals surface area contributed by atoms with Crippen molar-refractivity contribution in [1.82, 2.24) is 0 Å². The van der Waals surface area contributed by atoms with Gasteiger partial charge in [-0.15, -0.1) is 0 Å². The van der Waals surface area contributed by atoms with E-state index >= 15 is 0 Å². The van der Waals surface area contributed by atoms with Gasteiger partial charge >= 0.3 is 0 Å². The molecule has 118 valence electrons. The van der Waals surface area contributed by atoms with Crippen molar-refractivity contribution in [3.8, 4) is 5.75 Å². The Morgan fingerprint density at radius 1 is 1.00 bits per heavy atom. The third-order valence-corrected chi connectivity index (χ3v) is 5.61. The van der Waals surface area contributed by atoms with Gasteiger partial charge in [0.2, 0.25) is 0 Å². The van der Waals surface area contributed by atoms with E-state index in [-0.39, 0.29) is 14.9 Å². The summed E-state index contributed by atoms with van der Waals surface area (Å²) < 4.78 is 32.8. The SMILES string of the molecule is COc1ccc(S(=O)(=O)Nc2c(C)cccc2C)c(Cl)c1Cl. The molecule has 0 amide bonds. The lowest BCUT2D eigenvalue weighted by atomic mass is 10.1. The van der Waals surface area contributed by atoms with Crippen molar-refractivity contribution in [2.24, 2.45) is 0 Å². The van der Waals surface area contributed by atoms with Gasteiger partial charge in [-0.25, -0.2) is 8.42 Å². The number of ether oxygens (including phenoxy) is 1. The summed E-state index contributed by atoms with van der Waals surface area (Å²) in [7, 11) is -2.43. The molecular weight excluding hydrogens is 345 g/mol. The van der Waals surface area contributed by atoms with Crippen molar-refractivity contribution in [3.63, 3.8) is 0 Å². The van der Waals surface area contributed by atoms with Gasteiger partial charge in [0, 0.05) is 0 Å². The number of hydrogen-bond donors (Lipinski definition) is 1. The van der Waals surface area contributed by atoms with Crippen molar-refractivity contribution in [2.75, 3.05) is 11.8 Å². The predicted molar refractivity (Wildman–Crippen MR) is 89.7 cm³/mol. The molecule has 0 aliphatic rings. The highest BCUT2D eigenvalue weighted by molar-refractivity contribution is 7.92. The Morgan fingerprint density at radius 3 is 2.14 bits per heavy atom. The van der Waals surface area contributed by atoms with E-state index < -0.39 is 10.0 Å². The van der Waals surface area contributed by atoms with E-state index in [0.717, 1.165) is 11.1 Å². The average Bonchev–Trinajstić information content (AvgIpc) is 2.45. The van der Waals surface area contributed by atoms with Crippen molar-refractivity contribution in [1.29, 1.82) is 0 Å². The Bertz CT molecular complexity index is 800. The molecule has 2 rings (SSSR count). The zero-order valence-corrected chi connectivity index (χ0v) is 14.6. The van der Waals surface area contributed by atoms with E-state index in [2.05, 4.69) is 4.72 Å². The van der Waals surface area contributed by atoms with Crippen LogP contribution in [0.4, 0.5) is 5.69 Å². The number of anilines is 1. The monoisotopic (exact) mass is 359 g/mol. The Labute approximate surface area is 140 Å². The zero-order chi connectivity index (χ0) is 16.5. The third kappa shape index (κ3) is 3.16. The molecule has 22 heavy (non-hydrogen) atoms. The first-order valence-corrected chi connectivity index (χ1v) is 8.63. The minimum Gasteiger partial charge on any atom is -0.495 e. The van der Waals surface area contributed by atoms with Crippen LogP contribution in [0.25, 0.3) is 0 Å². The van der Waals surface area contributed by atoms with Crippen LogP contribution in [0.15, 0.2) is 35.2 Å². The fourth-order valence-corrected chi connectivity index (χ4v) is 4.09. The summed E-state index contributed by atoms with van der Waals surface area (Å²) in [5.41, 5.74) is 2.17. The largest absolute Gasteiger partial charge is 0.495 e. The highest BCUT2D eigenvalue weighted by atomic mass is 35.5. The van der Waals surface area contributed by atoms with E-state index in [9.17, 15) is 8.42 Å². The second kappa shape index (κ2) is 6.36. The smallest absolute Gasteiger partial charge is 0.263 e. The molecule has 2 aromatic rings. The molecule has 0 heterocycles. The van der Waals surface area contributed by atoms with Crippen molar-refractivity contribution < 1.29 is 13.2 Å². The van der Waals surface area contributed by atoms with Crippen LogP contribution in [0.1, 0.15) is 11.1 Å². The number of hydrogen-bond acceptors (Lipinski definition) is 3. The van der Waals surface area contributed by atoms with Gasteiger partial charge in [-0.05, 0) is 37.1 Å². The number of halogens is 2. The molecule has 0 unspecified atom stereocenters. The summed E-state index contributed by atoms with van der Waals surface area (Å²) in [6, 6.07) is 8.34. The molecule has 0 atom stereocenters. The second-order valence-electron chi connectivity index (χ2n) is 4.77. The van der Waals surface area contributed by atoms with Crippen LogP contribution in [0.3, 0.4) is 0 Å². The van der Waals surface area contributed by atoms with Gasteiger partial charge in [0.15, 0.2) is 0 Å². The third-order valence-electron chi connectivity index (χ3n) is 3.24. The number of benzene rings is 2. The first-order valence-electron chi connectivity index (χ1n) is 6.39. The Hall–Kier alpha value is -1.43. The van der Waals surface area contributed by atoms with E-state index in [4.69, 9.17) is 27.9 Å². The molecule has 0 spiro atoms. The Morgan fingerprint density at radius 2 is 1.59 bits per heavy atom. The maximum absolute atomic E-state index is 12.6. The fraction of sp³-hybridized carbons (Fsp3) is 0.200. The highest BCUT2D eigenvalue weighted by Gasteiger charge is 2.23. The molecule has 4 nitrogen and oxygen atoms in total. The summed E-state index contributed by atoms with van der Waals surface area (Å²) in [4.78, 5) is -0.0948. The number of sulfonamides is 1. The lowest BCUT2D eigenvalue weighted by Crippen LogP contribution is -2.15. The number of methoxy groups -OCH3 is 1. The van der Waals surface area contributed by atoms with Crippen LogP contribution in [0.2, 0.25) is 10.0 Å². The Balaban J connectivity index is 2.50. The summed E-state index contributed by atoms with van der Waals surface area (Å²) in [5.74, 6) is 0.317. The average molecular weight is 360 g/mol. The number of aryl methyl sites for hydroxylation is 2. The maximum atomic E-state index is 12.6. The van der Waals surface area contributed by atoms with E-state index in [1.807, 2.05) is 32.0 Å². The minimum absolute atomic E-state index is 0.0635. The molecule has 0 radical (unpaired) electrons. The normalized spacial score (nSPS) is 11.3. The van der Waals surface area contributed by atoms with Gasteiger partial charge in [-0.2, -0.15) is 0 Å². The molecule has 0 bridgehead atoms. The molecule has 2 aromatic carbocycles. The van der Waals surface area contributed by atoms with E-state index in [1.165, 1.54) is 19.2 Å². The van der Waals surface area contributed by atoms with Crippen molar-refractivity contribution >= 4 is 38.9 Å². The van der Waals surface area contributed by atoms with Crippen LogP contribution in [-0.4, -0.2) is 15.5 Å². The summed E-state index contributed by atoms with van der Waals surface area (Å²) >= 11 is 12.1. The van der Waals surface area contributed by atoms with Crippen LogP contribution in [0.5, 0.6) is 5.75 Å². The number of para-hydroxylation sites is 1. The molecular formula is C15H15Cl2NO3S. The first kappa shape index (κ1) is 16.9.